The van der Waals surface area contributed by atoms with Gasteiger partial charge in [0.1, 0.15) is 11.3 Å². The zero-order valence-corrected chi connectivity index (χ0v) is 10.0. The highest BCUT2D eigenvalue weighted by Crippen LogP contribution is 2.23. The van der Waals surface area contributed by atoms with Crippen LogP contribution >= 0.6 is 0 Å². The Labute approximate surface area is 111 Å². The Morgan fingerprint density at radius 1 is 1.30 bits per heavy atom. The van der Waals surface area contributed by atoms with Gasteiger partial charge in [-0.3, -0.25) is 10.1 Å². The Kier molecular flexibility index (Phi) is 2.75. The molecule has 0 aliphatic heterocycles. The first-order valence-electron chi connectivity index (χ1n) is 5.64. The number of nitrogens with one attached hydrogen (secondary N) is 1. The summed E-state index contributed by atoms with van der Waals surface area (Å²) in [6.45, 7) is 0. The fraction of sp³-hybridized carbons (Fsp3) is 0. The van der Waals surface area contributed by atoms with E-state index in [4.69, 9.17) is 0 Å². The van der Waals surface area contributed by atoms with Crippen LogP contribution in [0.1, 0.15) is 0 Å². The molecular weight excluding hydrogens is 265 g/mol. The van der Waals surface area contributed by atoms with Gasteiger partial charge in [-0.25, -0.2) is 13.9 Å². The number of nitrogens with zero attached hydrogens (tertiary/aromatic N) is 4. The van der Waals surface area contributed by atoms with Crippen LogP contribution in [0.4, 0.5) is 21.6 Å². The summed E-state index contributed by atoms with van der Waals surface area (Å²) >= 11 is 0. The SMILES string of the molecule is O=[N+]([O-])c1ccnc(Nc2ccn3nccc3c2F)c1. The van der Waals surface area contributed by atoms with Crippen LogP contribution in [0.15, 0.2) is 42.9 Å². The van der Waals surface area contributed by atoms with Gasteiger partial charge in [-0.05, 0) is 12.1 Å². The van der Waals surface area contributed by atoms with Gasteiger partial charge in [0, 0.05) is 18.5 Å². The van der Waals surface area contributed by atoms with Gasteiger partial charge in [-0.2, -0.15) is 5.10 Å². The number of hydrogen-bond donors (Lipinski definition) is 1. The quantitative estimate of drug-likeness (QED) is 0.585. The number of pyridine rings is 2. The van der Waals surface area contributed by atoms with Crippen molar-refractivity contribution in [2.24, 2.45) is 0 Å². The lowest BCUT2D eigenvalue weighted by Crippen LogP contribution is -2.00. The molecule has 0 aliphatic rings. The predicted octanol–water partition coefficient (Wildman–Crippen LogP) is 2.52. The Hall–Kier alpha value is -3.03. The van der Waals surface area contributed by atoms with Crippen molar-refractivity contribution in [2.45, 2.75) is 0 Å². The van der Waals surface area contributed by atoms with Crippen LogP contribution in [0.3, 0.4) is 0 Å². The molecule has 8 heteroatoms. The molecule has 0 bridgehead atoms. The maximum absolute atomic E-state index is 14.2. The zero-order valence-electron chi connectivity index (χ0n) is 10.0. The molecule has 0 spiro atoms. The van der Waals surface area contributed by atoms with E-state index in [-0.39, 0.29) is 17.2 Å². The van der Waals surface area contributed by atoms with E-state index in [9.17, 15) is 14.5 Å². The number of fused-ring (bicyclic) bond motifs is 1. The van der Waals surface area contributed by atoms with E-state index < -0.39 is 10.7 Å². The van der Waals surface area contributed by atoms with Gasteiger partial charge < -0.3 is 5.32 Å². The van der Waals surface area contributed by atoms with Crippen LogP contribution in [-0.4, -0.2) is 19.5 Å². The number of nitro groups is 1. The fourth-order valence-electron chi connectivity index (χ4n) is 1.80. The Morgan fingerprint density at radius 3 is 2.95 bits per heavy atom. The first-order chi connectivity index (χ1) is 9.65. The highest BCUT2D eigenvalue weighted by Gasteiger charge is 2.11. The maximum atomic E-state index is 14.2. The van der Waals surface area contributed by atoms with E-state index in [2.05, 4.69) is 15.4 Å². The molecule has 0 fully saturated rings. The van der Waals surface area contributed by atoms with Crippen molar-refractivity contribution in [3.05, 3.63) is 58.8 Å². The highest BCUT2D eigenvalue weighted by molar-refractivity contribution is 5.65. The zero-order chi connectivity index (χ0) is 14.1. The van der Waals surface area contributed by atoms with Gasteiger partial charge in [0.05, 0.1) is 22.9 Å². The molecule has 7 nitrogen and oxygen atoms in total. The smallest absolute Gasteiger partial charge is 0.274 e. The van der Waals surface area contributed by atoms with Crippen LogP contribution < -0.4 is 5.32 Å². The molecule has 0 aliphatic carbocycles. The number of hydrogen-bond acceptors (Lipinski definition) is 5. The minimum atomic E-state index is -0.538. The molecule has 100 valence electrons. The summed E-state index contributed by atoms with van der Waals surface area (Å²) in [6.07, 6.45) is 4.35. The summed E-state index contributed by atoms with van der Waals surface area (Å²) in [5, 5.41) is 17.3. The molecule has 0 aromatic carbocycles. The van der Waals surface area contributed by atoms with Gasteiger partial charge >= 0.3 is 0 Å². The highest BCUT2D eigenvalue weighted by atomic mass is 19.1. The van der Waals surface area contributed by atoms with Crippen molar-refractivity contribution < 1.29 is 9.31 Å². The molecule has 0 atom stereocenters. The van der Waals surface area contributed by atoms with E-state index in [1.807, 2.05) is 0 Å². The van der Waals surface area contributed by atoms with Gasteiger partial charge in [-0.1, -0.05) is 0 Å². The third kappa shape index (κ3) is 2.03. The molecule has 0 radical (unpaired) electrons. The Morgan fingerprint density at radius 2 is 2.15 bits per heavy atom. The topological polar surface area (TPSA) is 85.4 Å². The first-order valence-corrected chi connectivity index (χ1v) is 5.64. The van der Waals surface area contributed by atoms with Gasteiger partial charge in [0.25, 0.3) is 5.69 Å². The summed E-state index contributed by atoms with van der Waals surface area (Å²) in [7, 11) is 0. The average Bonchev–Trinajstić information content (AvgIpc) is 2.91. The van der Waals surface area contributed by atoms with E-state index in [0.29, 0.717) is 5.52 Å². The minimum Gasteiger partial charge on any atom is -0.338 e. The second-order valence-electron chi connectivity index (χ2n) is 3.99. The van der Waals surface area contributed by atoms with E-state index in [1.54, 1.807) is 6.20 Å². The number of anilines is 2. The van der Waals surface area contributed by atoms with E-state index in [0.717, 1.165) is 0 Å². The van der Waals surface area contributed by atoms with Crippen LogP contribution in [0.25, 0.3) is 5.52 Å². The summed E-state index contributed by atoms with van der Waals surface area (Å²) in [5.74, 6) is -0.305. The molecule has 1 N–H and O–H groups in total. The predicted molar refractivity (Wildman–Crippen MR) is 69.3 cm³/mol. The van der Waals surface area contributed by atoms with Crippen LogP contribution in [0.5, 0.6) is 0 Å². The molecular formula is C12H8FN5O2. The lowest BCUT2D eigenvalue weighted by Gasteiger charge is -2.07. The summed E-state index contributed by atoms with van der Waals surface area (Å²) < 4.78 is 15.6. The molecule has 3 heterocycles. The van der Waals surface area contributed by atoms with Crippen molar-refractivity contribution in [1.29, 1.82) is 0 Å². The average molecular weight is 273 g/mol. The molecule has 0 unspecified atom stereocenters. The van der Waals surface area contributed by atoms with Crippen molar-refractivity contribution in [2.75, 3.05) is 5.32 Å². The van der Waals surface area contributed by atoms with Crippen LogP contribution in [0.2, 0.25) is 0 Å². The third-order valence-corrected chi connectivity index (χ3v) is 2.73. The van der Waals surface area contributed by atoms with Gasteiger partial charge in [-0.15, -0.1) is 0 Å². The first kappa shape index (κ1) is 12.0. The van der Waals surface area contributed by atoms with Gasteiger partial charge in [0.2, 0.25) is 0 Å². The summed E-state index contributed by atoms with van der Waals surface area (Å²) in [6, 6.07) is 5.51. The molecule has 0 saturated heterocycles. The number of aromatic nitrogens is 3. The fourth-order valence-corrected chi connectivity index (χ4v) is 1.80. The van der Waals surface area contributed by atoms with E-state index >= 15 is 0 Å². The second-order valence-corrected chi connectivity index (χ2v) is 3.99. The largest absolute Gasteiger partial charge is 0.338 e. The second kappa shape index (κ2) is 4.57. The summed E-state index contributed by atoms with van der Waals surface area (Å²) in [5.41, 5.74) is 0.361. The maximum Gasteiger partial charge on any atom is 0.274 e. The molecule has 3 rings (SSSR count). The normalized spacial score (nSPS) is 10.7. The molecule has 3 aromatic heterocycles. The Balaban J connectivity index is 1.98. The third-order valence-electron chi connectivity index (χ3n) is 2.73. The van der Waals surface area contributed by atoms with Crippen molar-refractivity contribution in [3.63, 3.8) is 0 Å². The van der Waals surface area contributed by atoms with Crippen molar-refractivity contribution >= 4 is 22.7 Å². The minimum absolute atomic E-state index is 0.117. The lowest BCUT2D eigenvalue weighted by molar-refractivity contribution is -0.384. The van der Waals surface area contributed by atoms with E-state index in [1.165, 1.54) is 41.2 Å². The molecule has 3 aromatic rings. The standard InChI is InChI=1S/C12H8FN5O2/c13-12-9(3-6-17-10(12)2-5-15-17)16-11-7-8(18(19)20)1-4-14-11/h1-7H,(H,14,16). The lowest BCUT2D eigenvalue weighted by atomic mass is 10.3. The van der Waals surface area contributed by atoms with Crippen LogP contribution in [-0.2, 0) is 0 Å². The van der Waals surface area contributed by atoms with Crippen LogP contribution in [0, 0.1) is 15.9 Å². The summed E-state index contributed by atoms with van der Waals surface area (Å²) in [4.78, 5) is 14.1. The molecule has 0 saturated carbocycles. The van der Waals surface area contributed by atoms with Gasteiger partial charge in [0.15, 0.2) is 5.82 Å². The number of rotatable bonds is 3. The Bertz CT molecular complexity index is 801. The molecule has 0 amide bonds. The van der Waals surface area contributed by atoms with Crippen molar-refractivity contribution in [3.8, 4) is 0 Å². The monoisotopic (exact) mass is 273 g/mol. The molecule has 20 heavy (non-hydrogen) atoms. The van der Waals surface area contributed by atoms with Crippen molar-refractivity contribution in [1.82, 2.24) is 14.6 Å². The number of halogens is 1.